The number of sulfonamides is 1. The van der Waals surface area contributed by atoms with Gasteiger partial charge in [0.2, 0.25) is 0 Å². The van der Waals surface area contributed by atoms with Crippen LogP contribution < -0.4 is 9.04 Å². The fourth-order valence-electron chi connectivity index (χ4n) is 2.05. The fraction of sp³-hybridized carbons (Fsp3) is 0.188. The summed E-state index contributed by atoms with van der Waals surface area (Å²) < 4.78 is 31.7. The summed E-state index contributed by atoms with van der Waals surface area (Å²) in [7, 11) is -4.04. The standard InChI is InChI=1S/C16H16ClNO5S/c1-2-23-14-7-5-13(6-8-14)18(11-16(19)20)24(21,22)15-9-3-12(17)4-10-15/h3-10H,2,11H2,1H3,(H,19,20). The highest BCUT2D eigenvalue weighted by Gasteiger charge is 2.27. The summed E-state index contributed by atoms with van der Waals surface area (Å²) in [6.07, 6.45) is 0. The van der Waals surface area contributed by atoms with Crippen molar-refractivity contribution in [3.8, 4) is 5.75 Å². The number of nitrogens with zero attached hydrogens (tertiary/aromatic N) is 1. The zero-order valence-corrected chi connectivity index (χ0v) is 14.4. The van der Waals surface area contributed by atoms with E-state index in [1.165, 1.54) is 36.4 Å². The average Bonchev–Trinajstić information content (AvgIpc) is 2.54. The Morgan fingerprint density at radius 2 is 1.71 bits per heavy atom. The molecule has 2 rings (SSSR count). The Balaban J connectivity index is 2.43. The van der Waals surface area contributed by atoms with E-state index in [2.05, 4.69) is 0 Å². The van der Waals surface area contributed by atoms with Crippen molar-refractivity contribution in [3.63, 3.8) is 0 Å². The average molecular weight is 370 g/mol. The van der Waals surface area contributed by atoms with Crippen molar-refractivity contribution in [1.82, 2.24) is 0 Å². The number of anilines is 1. The van der Waals surface area contributed by atoms with Crippen LogP contribution in [0.1, 0.15) is 6.92 Å². The Morgan fingerprint density at radius 3 is 2.21 bits per heavy atom. The topological polar surface area (TPSA) is 83.9 Å². The molecular formula is C16H16ClNO5S. The summed E-state index contributed by atoms with van der Waals surface area (Å²) in [6.45, 7) is 1.61. The van der Waals surface area contributed by atoms with Gasteiger partial charge in [0.1, 0.15) is 12.3 Å². The van der Waals surface area contributed by atoms with Gasteiger partial charge in [-0.3, -0.25) is 9.10 Å². The number of rotatable bonds is 7. The van der Waals surface area contributed by atoms with E-state index in [9.17, 15) is 13.2 Å². The van der Waals surface area contributed by atoms with Crippen molar-refractivity contribution in [3.05, 3.63) is 53.6 Å². The molecular weight excluding hydrogens is 354 g/mol. The first kappa shape index (κ1) is 18.1. The second-order valence-electron chi connectivity index (χ2n) is 4.79. The molecule has 0 aliphatic carbocycles. The van der Waals surface area contributed by atoms with Crippen molar-refractivity contribution in [2.45, 2.75) is 11.8 Å². The fourth-order valence-corrected chi connectivity index (χ4v) is 3.59. The number of halogens is 1. The Hall–Kier alpha value is -2.25. The van der Waals surface area contributed by atoms with E-state index in [4.69, 9.17) is 21.4 Å². The second kappa shape index (κ2) is 7.55. The van der Waals surface area contributed by atoms with Gasteiger partial charge in [0.15, 0.2) is 0 Å². The van der Waals surface area contributed by atoms with Gasteiger partial charge in [-0.15, -0.1) is 0 Å². The minimum absolute atomic E-state index is 0.0398. The third kappa shape index (κ3) is 4.18. The van der Waals surface area contributed by atoms with Gasteiger partial charge in [0, 0.05) is 5.02 Å². The van der Waals surface area contributed by atoms with E-state index in [1.54, 1.807) is 12.1 Å². The van der Waals surface area contributed by atoms with Crippen molar-refractivity contribution < 1.29 is 23.1 Å². The minimum atomic E-state index is -4.04. The first-order valence-corrected chi connectivity index (χ1v) is 8.89. The van der Waals surface area contributed by atoms with E-state index in [-0.39, 0.29) is 10.6 Å². The third-order valence-electron chi connectivity index (χ3n) is 3.12. The van der Waals surface area contributed by atoms with E-state index < -0.39 is 22.5 Å². The van der Waals surface area contributed by atoms with Gasteiger partial charge in [0.05, 0.1) is 17.2 Å². The largest absolute Gasteiger partial charge is 0.494 e. The number of carbonyl (C=O) groups is 1. The molecule has 8 heteroatoms. The third-order valence-corrected chi connectivity index (χ3v) is 5.16. The van der Waals surface area contributed by atoms with Crippen LogP contribution in [0.3, 0.4) is 0 Å². The highest BCUT2D eigenvalue weighted by molar-refractivity contribution is 7.92. The summed E-state index contributed by atoms with van der Waals surface area (Å²) in [5.41, 5.74) is 0.232. The molecule has 1 N–H and O–H groups in total. The minimum Gasteiger partial charge on any atom is -0.494 e. The van der Waals surface area contributed by atoms with Gasteiger partial charge in [-0.2, -0.15) is 0 Å². The van der Waals surface area contributed by atoms with E-state index >= 15 is 0 Å². The maximum absolute atomic E-state index is 12.8. The Bertz CT molecular complexity index is 803. The summed E-state index contributed by atoms with van der Waals surface area (Å²) in [5, 5.41) is 9.48. The number of aliphatic carboxylic acids is 1. The van der Waals surface area contributed by atoms with Gasteiger partial charge >= 0.3 is 5.97 Å². The molecule has 0 heterocycles. The molecule has 2 aromatic rings. The Labute approximate surface area is 145 Å². The van der Waals surface area contributed by atoms with Crippen LogP contribution in [0.25, 0.3) is 0 Å². The molecule has 0 saturated heterocycles. The molecule has 0 fully saturated rings. The number of hydrogen-bond donors (Lipinski definition) is 1. The monoisotopic (exact) mass is 369 g/mol. The van der Waals surface area contributed by atoms with Crippen LogP contribution in [0.5, 0.6) is 5.75 Å². The first-order chi connectivity index (χ1) is 11.3. The van der Waals surface area contributed by atoms with Gasteiger partial charge < -0.3 is 9.84 Å². The molecule has 2 aromatic carbocycles. The number of ether oxygens (including phenoxy) is 1. The SMILES string of the molecule is CCOc1ccc(N(CC(=O)O)S(=O)(=O)c2ccc(Cl)cc2)cc1. The van der Waals surface area contributed by atoms with Gasteiger partial charge in [-0.25, -0.2) is 8.42 Å². The molecule has 0 aliphatic rings. The molecule has 0 amide bonds. The number of benzene rings is 2. The van der Waals surface area contributed by atoms with Crippen LogP contribution in [-0.4, -0.2) is 32.6 Å². The Morgan fingerprint density at radius 1 is 1.12 bits per heavy atom. The van der Waals surface area contributed by atoms with Crippen molar-refractivity contribution in [2.24, 2.45) is 0 Å². The van der Waals surface area contributed by atoms with Crippen LogP contribution in [0.2, 0.25) is 5.02 Å². The lowest BCUT2D eigenvalue weighted by atomic mass is 10.3. The highest BCUT2D eigenvalue weighted by atomic mass is 35.5. The van der Waals surface area contributed by atoms with Crippen molar-refractivity contribution in [2.75, 3.05) is 17.5 Å². The molecule has 24 heavy (non-hydrogen) atoms. The molecule has 0 saturated carbocycles. The van der Waals surface area contributed by atoms with Crippen LogP contribution in [0, 0.1) is 0 Å². The zero-order chi connectivity index (χ0) is 17.7. The number of carboxylic acids is 1. The molecule has 0 radical (unpaired) electrons. The first-order valence-electron chi connectivity index (χ1n) is 7.07. The molecule has 0 spiro atoms. The summed E-state index contributed by atoms with van der Waals surface area (Å²) >= 11 is 5.77. The molecule has 0 atom stereocenters. The normalized spacial score (nSPS) is 11.1. The molecule has 128 valence electrons. The number of carboxylic acid groups (broad SMARTS) is 1. The predicted octanol–water partition coefficient (Wildman–Crippen LogP) is 3.02. The predicted molar refractivity (Wildman–Crippen MR) is 91.2 cm³/mol. The Kier molecular flexibility index (Phi) is 5.69. The summed E-state index contributed by atoms with van der Waals surface area (Å²) in [6, 6.07) is 11.7. The molecule has 0 aliphatic heterocycles. The quantitative estimate of drug-likeness (QED) is 0.811. The maximum Gasteiger partial charge on any atom is 0.324 e. The molecule has 0 unspecified atom stereocenters. The van der Waals surface area contributed by atoms with Gasteiger partial charge in [0.25, 0.3) is 10.0 Å². The van der Waals surface area contributed by atoms with Crippen LogP contribution in [0.15, 0.2) is 53.4 Å². The summed E-state index contributed by atoms with van der Waals surface area (Å²) in [4.78, 5) is 11.1. The lowest BCUT2D eigenvalue weighted by molar-refractivity contribution is -0.135. The van der Waals surface area contributed by atoms with Crippen LogP contribution in [-0.2, 0) is 14.8 Å². The second-order valence-corrected chi connectivity index (χ2v) is 7.08. The smallest absolute Gasteiger partial charge is 0.324 e. The van der Waals surface area contributed by atoms with Crippen LogP contribution >= 0.6 is 11.6 Å². The lowest BCUT2D eigenvalue weighted by Gasteiger charge is -2.23. The zero-order valence-electron chi connectivity index (χ0n) is 12.8. The van der Waals surface area contributed by atoms with Crippen molar-refractivity contribution >= 4 is 33.3 Å². The van der Waals surface area contributed by atoms with Crippen LogP contribution in [0.4, 0.5) is 5.69 Å². The van der Waals surface area contributed by atoms with E-state index in [0.717, 1.165) is 4.31 Å². The van der Waals surface area contributed by atoms with Gasteiger partial charge in [-0.05, 0) is 55.5 Å². The van der Waals surface area contributed by atoms with Crippen molar-refractivity contribution in [1.29, 1.82) is 0 Å². The molecule has 6 nitrogen and oxygen atoms in total. The lowest BCUT2D eigenvalue weighted by Crippen LogP contribution is -2.35. The maximum atomic E-state index is 12.8. The van der Waals surface area contributed by atoms with E-state index in [0.29, 0.717) is 17.4 Å². The summed E-state index contributed by atoms with van der Waals surface area (Å²) in [5.74, 6) is -0.693. The van der Waals surface area contributed by atoms with E-state index in [1.807, 2.05) is 6.92 Å². The molecule has 0 bridgehead atoms. The highest BCUT2D eigenvalue weighted by Crippen LogP contribution is 2.26. The molecule has 0 aromatic heterocycles. The number of hydrogen-bond acceptors (Lipinski definition) is 4. The van der Waals surface area contributed by atoms with Gasteiger partial charge in [-0.1, -0.05) is 11.6 Å².